The predicted octanol–water partition coefficient (Wildman–Crippen LogP) is 3.78. The molecule has 1 aromatic carbocycles. The summed E-state index contributed by atoms with van der Waals surface area (Å²) in [4.78, 5) is 34.7. The number of anilines is 2. The van der Waals surface area contributed by atoms with Gasteiger partial charge in [-0.25, -0.2) is 17.8 Å². The van der Waals surface area contributed by atoms with Gasteiger partial charge in [-0.15, -0.1) is 0 Å². The van der Waals surface area contributed by atoms with Crippen LogP contribution in [0.15, 0.2) is 52.5 Å². The van der Waals surface area contributed by atoms with Crippen molar-refractivity contribution in [3.63, 3.8) is 0 Å². The number of piperazine rings is 1. The molecule has 0 bridgehead atoms. The molecule has 2 N–H and O–H groups in total. The van der Waals surface area contributed by atoms with Crippen molar-refractivity contribution < 1.29 is 30.8 Å². The van der Waals surface area contributed by atoms with E-state index in [-0.39, 0.29) is 39.6 Å². The van der Waals surface area contributed by atoms with Crippen molar-refractivity contribution in [3.05, 3.63) is 70.0 Å². The van der Waals surface area contributed by atoms with Gasteiger partial charge in [0.25, 0.3) is 5.91 Å². The van der Waals surface area contributed by atoms with Crippen LogP contribution in [0.25, 0.3) is 11.1 Å². The third kappa shape index (κ3) is 6.02. The van der Waals surface area contributed by atoms with Gasteiger partial charge >= 0.3 is 6.18 Å². The molecule has 3 heterocycles. The first-order valence-electron chi connectivity index (χ1n) is 12.1. The van der Waals surface area contributed by atoms with Crippen LogP contribution in [0.5, 0.6) is 0 Å². The Labute approximate surface area is 227 Å². The Bertz CT molecular complexity index is 1590. The molecule has 1 aliphatic rings. The number of amides is 1. The summed E-state index contributed by atoms with van der Waals surface area (Å²) < 4.78 is 80.0. The highest BCUT2D eigenvalue weighted by molar-refractivity contribution is 7.90. The van der Waals surface area contributed by atoms with E-state index in [4.69, 9.17) is 0 Å². The van der Waals surface area contributed by atoms with Gasteiger partial charge in [0.2, 0.25) is 5.56 Å². The van der Waals surface area contributed by atoms with Crippen LogP contribution in [-0.4, -0.2) is 67.7 Å². The molecule has 9 nitrogen and oxygen atoms in total. The highest BCUT2D eigenvalue weighted by Crippen LogP contribution is 2.37. The third-order valence-electron chi connectivity index (χ3n) is 6.94. The molecule has 1 saturated heterocycles. The number of nitrogens with zero attached hydrogens (tertiary/aromatic N) is 3. The number of benzene rings is 1. The summed E-state index contributed by atoms with van der Waals surface area (Å²) in [6.07, 6.45) is -2.17. The van der Waals surface area contributed by atoms with Crippen LogP contribution in [0, 0.1) is 5.82 Å². The number of aromatic nitrogens is 2. The van der Waals surface area contributed by atoms with E-state index in [1.807, 2.05) is 25.8 Å². The van der Waals surface area contributed by atoms with Crippen LogP contribution in [0.1, 0.15) is 29.8 Å². The standard InChI is InChI=1S/C26H27F4N5O4S/c1-14-12-35(13-15(2)34(14)3)22-9-20(27)17(16-5-6-24(32-10-16)40(4,38)39)7-21(22)33-25(37)18-11-31-23(36)8-19(18)26(28,29)30/h5-11,14-15H,12-13H2,1-4H3,(H,31,36)(H,33,37)/t14-,15+. The fourth-order valence-electron chi connectivity index (χ4n) is 4.59. The van der Waals surface area contributed by atoms with E-state index in [1.165, 1.54) is 24.3 Å². The van der Waals surface area contributed by atoms with Gasteiger partial charge in [0.05, 0.1) is 22.5 Å². The molecule has 0 radical (unpaired) electrons. The molecule has 1 fully saturated rings. The predicted molar refractivity (Wildman–Crippen MR) is 142 cm³/mol. The average molecular weight is 582 g/mol. The molecule has 0 aliphatic carbocycles. The lowest BCUT2D eigenvalue weighted by Gasteiger charge is -2.44. The van der Waals surface area contributed by atoms with Gasteiger partial charge in [-0.05, 0) is 45.2 Å². The number of carbonyl (C=O) groups is 1. The van der Waals surface area contributed by atoms with Gasteiger partial charge in [-0.1, -0.05) is 0 Å². The lowest BCUT2D eigenvalue weighted by molar-refractivity contribution is -0.138. The van der Waals surface area contributed by atoms with Crippen molar-refractivity contribution in [1.82, 2.24) is 14.9 Å². The maximum Gasteiger partial charge on any atom is 0.417 e. The van der Waals surface area contributed by atoms with Gasteiger partial charge < -0.3 is 15.2 Å². The van der Waals surface area contributed by atoms with Crippen molar-refractivity contribution in [3.8, 4) is 11.1 Å². The molecule has 214 valence electrons. The van der Waals surface area contributed by atoms with Crippen molar-refractivity contribution in [2.75, 3.05) is 36.6 Å². The lowest BCUT2D eigenvalue weighted by atomic mass is 10.0. The summed E-state index contributed by atoms with van der Waals surface area (Å²) in [5.41, 5.74) is -2.86. The summed E-state index contributed by atoms with van der Waals surface area (Å²) in [5.74, 6) is -1.87. The molecular weight excluding hydrogens is 554 g/mol. The number of nitrogens with one attached hydrogen (secondary N) is 2. The third-order valence-corrected chi connectivity index (χ3v) is 7.94. The minimum absolute atomic E-state index is 0.0249. The van der Waals surface area contributed by atoms with Gasteiger partial charge in [-0.3, -0.25) is 14.5 Å². The van der Waals surface area contributed by atoms with E-state index in [2.05, 4.69) is 20.2 Å². The fourth-order valence-corrected chi connectivity index (χ4v) is 5.15. The number of pyridine rings is 2. The molecule has 0 spiro atoms. The van der Waals surface area contributed by atoms with Crippen molar-refractivity contribution >= 4 is 27.1 Å². The minimum Gasteiger partial charge on any atom is -0.367 e. The molecule has 1 amide bonds. The number of rotatable bonds is 5. The molecular formula is C26H27F4N5O4S. The Hall–Kier alpha value is -3.78. The second kappa shape index (κ2) is 10.7. The molecule has 4 rings (SSSR count). The molecule has 40 heavy (non-hydrogen) atoms. The summed E-state index contributed by atoms with van der Waals surface area (Å²) in [6.45, 7) is 4.83. The van der Waals surface area contributed by atoms with Gasteiger partial charge in [0.1, 0.15) is 5.82 Å². The van der Waals surface area contributed by atoms with E-state index >= 15 is 4.39 Å². The summed E-state index contributed by atoms with van der Waals surface area (Å²) in [7, 11) is -1.67. The zero-order valence-electron chi connectivity index (χ0n) is 22.0. The monoisotopic (exact) mass is 581 g/mol. The number of carbonyl (C=O) groups excluding carboxylic acids is 1. The van der Waals surface area contributed by atoms with Crippen LogP contribution >= 0.6 is 0 Å². The Kier molecular flexibility index (Phi) is 7.78. The summed E-state index contributed by atoms with van der Waals surface area (Å²) in [5, 5.41) is 2.25. The Morgan fingerprint density at radius 3 is 2.33 bits per heavy atom. The number of halogens is 4. The molecule has 1 aliphatic heterocycles. The molecule has 14 heteroatoms. The maximum atomic E-state index is 15.5. The Balaban J connectivity index is 1.83. The first-order valence-corrected chi connectivity index (χ1v) is 14.0. The zero-order chi connectivity index (χ0) is 29.6. The number of alkyl halides is 3. The van der Waals surface area contributed by atoms with Gasteiger partial charge in [0, 0.05) is 61.0 Å². The number of hydrogen-bond acceptors (Lipinski definition) is 7. The zero-order valence-corrected chi connectivity index (χ0v) is 22.8. The largest absolute Gasteiger partial charge is 0.417 e. The lowest BCUT2D eigenvalue weighted by Crippen LogP contribution is -2.55. The summed E-state index contributed by atoms with van der Waals surface area (Å²) in [6, 6.07) is 5.37. The number of aromatic amines is 1. The molecule has 0 unspecified atom stereocenters. The normalized spacial score (nSPS) is 18.6. The quantitative estimate of drug-likeness (QED) is 0.441. The van der Waals surface area contributed by atoms with Crippen molar-refractivity contribution in [2.45, 2.75) is 37.1 Å². The van der Waals surface area contributed by atoms with Crippen molar-refractivity contribution in [1.29, 1.82) is 0 Å². The van der Waals surface area contributed by atoms with E-state index in [1.54, 1.807) is 0 Å². The Morgan fingerprint density at radius 1 is 1.12 bits per heavy atom. The van der Waals surface area contributed by atoms with Crippen LogP contribution in [0.4, 0.5) is 28.9 Å². The van der Waals surface area contributed by atoms with Crippen LogP contribution in [0.2, 0.25) is 0 Å². The topological polar surface area (TPSA) is 115 Å². The highest BCUT2D eigenvalue weighted by Gasteiger charge is 2.36. The number of H-pyrrole nitrogens is 1. The first kappa shape index (κ1) is 29.2. The number of sulfone groups is 1. The van der Waals surface area contributed by atoms with E-state index in [0.717, 1.165) is 12.5 Å². The Morgan fingerprint density at radius 2 is 1.77 bits per heavy atom. The molecule has 3 aromatic rings. The minimum atomic E-state index is -4.98. The number of likely N-dealkylation sites (N-methyl/N-ethyl adjacent to an activating group) is 1. The van der Waals surface area contributed by atoms with Crippen LogP contribution in [0.3, 0.4) is 0 Å². The average Bonchev–Trinajstić information content (AvgIpc) is 2.86. The fraction of sp³-hybridized carbons (Fsp3) is 0.346. The SMILES string of the molecule is C[C@@H]1CN(c2cc(F)c(-c3ccc(S(C)(=O)=O)nc3)cc2NC(=O)c2c[nH]c(=O)cc2C(F)(F)F)C[C@H](C)N1C. The number of hydrogen-bond donors (Lipinski definition) is 2. The maximum absolute atomic E-state index is 15.5. The van der Waals surface area contributed by atoms with E-state index in [9.17, 15) is 31.2 Å². The summed E-state index contributed by atoms with van der Waals surface area (Å²) >= 11 is 0. The highest BCUT2D eigenvalue weighted by atomic mass is 32.2. The van der Waals surface area contributed by atoms with Gasteiger partial charge in [0.15, 0.2) is 14.9 Å². The van der Waals surface area contributed by atoms with E-state index < -0.39 is 44.4 Å². The van der Waals surface area contributed by atoms with Crippen LogP contribution < -0.4 is 15.8 Å². The first-order chi connectivity index (χ1) is 18.6. The molecule has 2 atom stereocenters. The van der Waals surface area contributed by atoms with Crippen molar-refractivity contribution in [2.24, 2.45) is 0 Å². The molecule has 0 saturated carbocycles. The smallest absolute Gasteiger partial charge is 0.367 e. The molecule has 2 aromatic heterocycles. The van der Waals surface area contributed by atoms with Crippen LogP contribution in [-0.2, 0) is 16.0 Å². The van der Waals surface area contributed by atoms with Gasteiger partial charge in [-0.2, -0.15) is 13.2 Å². The second-order valence-electron chi connectivity index (χ2n) is 9.85. The van der Waals surface area contributed by atoms with E-state index in [0.29, 0.717) is 25.4 Å². The second-order valence-corrected chi connectivity index (χ2v) is 11.8.